The molecule has 100 valence electrons. The number of oxime groups is 1. The van der Waals surface area contributed by atoms with Crippen LogP contribution in [0, 0.1) is 6.92 Å². The Kier molecular flexibility index (Phi) is 4.75. The Morgan fingerprint density at radius 1 is 1.47 bits per heavy atom. The second-order valence-corrected chi connectivity index (χ2v) is 6.12. The molecule has 19 heavy (non-hydrogen) atoms. The van der Waals surface area contributed by atoms with Crippen LogP contribution in [-0.2, 0) is 0 Å². The van der Waals surface area contributed by atoms with Gasteiger partial charge < -0.3 is 10.9 Å². The van der Waals surface area contributed by atoms with Crippen molar-refractivity contribution in [3.8, 4) is 0 Å². The number of amidine groups is 1. The first-order valence-electron chi connectivity index (χ1n) is 5.67. The van der Waals surface area contributed by atoms with Gasteiger partial charge in [-0.05, 0) is 24.0 Å². The van der Waals surface area contributed by atoms with Crippen molar-refractivity contribution in [3.63, 3.8) is 0 Å². The van der Waals surface area contributed by atoms with Gasteiger partial charge in [0.15, 0.2) is 4.34 Å². The average Bonchev–Trinajstić information content (AvgIpc) is 2.84. The molecule has 0 radical (unpaired) electrons. The summed E-state index contributed by atoms with van der Waals surface area (Å²) in [5.41, 5.74) is 6.74. The number of thioether (sulfide) groups is 1. The molecule has 1 aromatic carbocycles. The van der Waals surface area contributed by atoms with E-state index in [-0.39, 0.29) is 11.1 Å². The standard InChI is InChI=1S/C12H14N4OS2/c1-8-14-12(19-16-8)18-10(7-11(13)15-17)9-5-3-2-4-6-9/h2-6,10,17H,7H2,1H3,(H2,13,15). The third kappa shape index (κ3) is 3.93. The van der Waals surface area contributed by atoms with Crippen molar-refractivity contribution in [1.29, 1.82) is 0 Å². The van der Waals surface area contributed by atoms with Crippen molar-refractivity contribution >= 4 is 29.1 Å². The molecule has 0 spiro atoms. The Balaban J connectivity index is 2.19. The van der Waals surface area contributed by atoms with Crippen LogP contribution in [0.4, 0.5) is 0 Å². The lowest BCUT2D eigenvalue weighted by atomic mass is 10.1. The second kappa shape index (κ2) is 6.53. The molecule has 0 saturated carbocycles. The maximum atomic E-state index is 8.73. The summed E-state index contributed by atoms with van der Waals surface area (Å²) < 4.78 is 5.05. The van der Waals surface area contributed by atoms with Crippen LogP contribution in [0.1, 0.15) is 23.1 Å². The van der Waals surface area contributed by atoms with Crippen molar-refractivity contribution in [2.24, 2.45) is 10.9 Å². The van der Waals surface area contributed by atoms with Crippen LogP contribution in [0.3, 0.4) is 0 Å². The number of hydrogen-bond donors (Lipinski definition) is 2. The number of benzene rings is 1. The van der Waals surface area contributed by atoms with Crippen LogP contribution in [0.5, 0.6) is 0 Å². The maximum absolute atomic E-state index is 8.73. The number of aryl methyl sites for hydroxylation is 1. The van der Waals surface area contributed by atoms with Crippen molar-refractivity contribution < 1.29 is 5.21 Å². The highest BCUT2D eigenvalue weighted by Gasteiger charge is 2.17. The highest BCUT2D eigenvalue weighted by atomic mass is 32.2. The first-order valence-corrected chi connectivity index (χ1v) is 7.32. The van der Waals surface area contributed by atoms with E-state index in [0.717, 1.165) is 15.7 Å². The highest BCUT2D eigenvalue weighted by molar-refractivity contribution is 8.01. The molecule has 1 aromatic heterocycles. The van der Waals surface area contributed by atoms with Gasteiger partial charge in [-0.1, -0.05) is 47.2 Å². The zero-order valence-electron chi connectivity index (χ0n) is 10.4. The molecule has 2 rings (SSSR count). The number of nitrogens with zero attached hydrogens (tertiary/aromatic N) is 3. The van der Waals surface area contributed by atoms with E-state index in [4.69, 9.17) is 10.9 Å². The van der Waals surface area contributed by atoms with Crippen LogP contribution in [0.2, 0.25) is 0 Å². The molecule has 5 nitrogen and oxygen atoms in total. The van der Waals surface area contributed by atoms with Crippen LogP contribution in [0.25, 0.3) is 0 Å². The molecule has 0 aliphatic carbocycles. The summed E-state index contributed by atoms with van der Waals surface area (Å²) in [4.78, 5) is 4.34. The number of rotatable bonds is 5. The average molecular weight is 294 g/mol. The zero-order chi connectivity index (χ0) is 13.7. The van der Waals surface area contributed by atoms with Gasteiger partial charge in [0.2, 0.25) is 0 Å². The molecule has 2 aromatic rings. The lowest BCUT2D eigenvalue weighted by Crippen LogP contribution is -2.14. The third-order valence-corrected chi connectivity index (χ3v) is 4.58. The van der Waals surface area contributed by atoms with E-state index in [1.54, 1.807) is 11.8 Å². The second-order valence-electron chi connectivity index (χ2n) is 3.92. The van der Waals surface area contributed by atoms with Crippen LogP contribution in [0.15, 0.2) is 39.8 Å². The summed E-state index contributed by atoms with van der Waals surface area (Å²) >= 11 is 2.95. The van der Waals surface area contributed by atoms with E-state index in [1.165, 1.54) is 11.5 Å². The predicted octanol–water partition coefficient (Wildman–Crippen LogP) is 2.82. The molecule has 1 heterocycles. The Morgan fingerprint density at radius 3 is 2.79 bits per heavy atom. The van der Waals surface area contributed by atoms with Gasteiger partial charge in [0.1, 0.15) is 11.7 Å². The fourth-order valence-electron chi connectivity index (χ4n) is 1.57. The highest BCUT2D eigenvalue weighted by Crippen LogP contribution is 2.38. The summed E-state index contributed by atoms with van der Waals surface area (Å²) in [5.74, 6) is 0.977. The lowest BCUT2D eigenvalue weighted by Gasteiger charge is -2.14. The van der Waals surface area contributed by atoms with Gasteiger partial charge in [-0.3, -0.25) is 0 Å². The van der Waals surface area contributed by atoms with Crippen molar-refractivity contribution in [1.82, 2.24) is 9.36 Å². The molecule has 0 aliphatic rings. The fourth-order valence-corrected chi connectivity index (χ4v) is 3.61. The van der Waals surface area contributed by atoms with Gasteiger partial charge in [-0.25, -0.2) is 4.98 Å². The van der Waals surface area contributed by atoms with E-state index < -0.39 is 0 Å². The van der Waals surface area contributed by atoms with Gasteiger partial charge in [-0.2, -0.15) is 4.37 Å². The molecule has 3 N–H and O–H groups in total. The summed E-state index contributed by atoms with van der Waals surface area (Å²) in [7, 11) is 0. The summed E-state index contributed by atoms with van der Waals surface area (Å²) in [6.07, 6.45) is 0.462. The normalized spacial score (nSPS) is 13.4. The molecular formula is C12H14N4OS2. The molecule has 1 atom stereocenters. The molecular weight excluding hydrogens is 280 g/mol. The number of aromatic nitrogens is 2. The first kappa shape index (κ1) is 13.8. The van der Waals surface area contributed by atoms with E-state index in [0.29, 0.717) is 6.42 Å². The minimum absolute atomic E-state index is 0.0597. The van der Waals surface area contributed by atoms with Gasteiger partial charge in [0, 0.05) is 11.7 Å². The molecule has 1 unspecified atom stereocenters. The smallest absolute Gasteiger partial charge is 0.170 e. The zero-order valence-corrected chi connectivity index (χ0v) is 12.0. The van der Waals surface area contributed by atoms with E-state index in [9.17, 15) is 0 Å². The Labute approximate surface area is 119 Å². The Morgan fingerprint density at radius 2 is 2.21 bits per heavy atom. The minimum atomic E-state index is 0.0597. The van der Waals surface area contributed by atoms with Gasteiger partial charge in [0.25, 0.3) is 0 Å². The Bertz CT molecular complexity index is 556. The van der Waals surface area contributed by atoms with Crippen LogP contribution in [-0.4, -0.2) is 20.4 Å². The Hall–Kier alpha value is -1.60. The fraction of sp³-hybridized carbons (Fsp3) is 0.250. The molecule has 0 bridgehead atoms. The van der Waals surface area contributed by atoms with Gasteiger partial charge in [-0.15, -0.1) is 0 Å². The van der Waals surface area contributed by atoms with E-state index >= 15 is 0 Å². The number of hydrogen-bond acceptors (Lipinski definition) is 6. The molecule has 0 aliphatic heterocycles. The summed E-state index contributed by atoms with van der Waals surface area (Å²) in [6, 6.07) is 9.96. The monoisotopic (exact) mass is 294 g/mol. The predicted molar refractivity (Wildman–Crippen MR) is 77.7 cm³/mol. The van der Waals surface area contributed by atoms with Gasteiger partial charge in [0.05, 0.1) is 0 Å². The van der Waals surface area contributed by atoms with Crippen LogP contribution >= 0.6 is 23.3 Å². The third-order valence-electron chi connectivity index (χ3n) is 2.45. The van der Waals surface area contributed by atoms with Crippen LogP contribution < -0.4 is 5.73 Å². The van der Waals surface area contributed by atoms with E-state index in [2.05, 4.69) is 14.5 Å². The molecule has 0 amide bonds. The largest absolute Gasteiger partial charge is 0.409 e. The van der Waals surface area contributed by atoms with Crippen molar-refractivity contribution in [3.05, 3.63) is 41.7 Å². The first-order chi connectivity index (χ1) is 9.19. The van der Waals surface area contributed by atoms with Crippen molar-refractivity contribution in [2.75, 3.05) is 0 Å². The van der Waals surface area contributed by atoms with Crippen molar-refractivity contribution in [2.45, 2.75) is 22.9 Å². The minimum Gasteiger partial charge on any atom is -0.409 e. The summed E-state index contributed by atoms with van der Waals surface area (Å²) in [6.45, 7) is 1.86. The lowest BCUT2D eigenvalue weighted by molar-refractivity contribution is 0.317. The number of nitrogens with two attached hydrogens (primary N) is 1. The SMILES string of the molecule is Cc1nsc(SC(CC(N)=NO)c2ccccc2)n1. The maximum Gasteiger partial charge on any atom is 0.170 e. The molecule has 0 saturated heterocycles. The molecule has 0 fully saturated rings. The van der Waals surface area contributed by atoms with Gasteiger partial charge >= 0.3 is 0 Å². The van der Waals surface area contributed by atoms with E-state index in [1.807, 2.05) is 37.3 Å². The topological polar surface area (TPSA) is 84.4 Å². The quantitative estimate of drug-likeness (QED) is 0.291. The summed E-state index contributed by atoms with van der Waals surface area (Å²) in [5, 5.41) is 11.8. The molecule has 7 heteroatoms.